The second kappa shape index (κ2) is 10.2. The summed E-state index contributed by atoms with van der Waals surface area (Å²) in [4.78, 5) is 0.161. The standard InChI is InChI=1S/C26H31NO5S/c1-3-19-5-12-25-21(17-19)6-7-22(4-2)27(25)33(29,30)24-10-8-23(9-11-24)32-26(18-28)20-13-15-31-16-14-20/h2,5,8-12,17,20,22,26,28H,3,6-7,13-16,18H2,1H3/t22-,26?/m0/s1. The third-order valence-electron chi connectivity index (χ3n) is 6.59. The molecule has 2 atom stereocenters. The molecule has 0 bridgehead atoms. The van der Waals surface area contributed by atoms with Crippen molar-refractivity contribution < 1.29 is 23.0 Å². The number of sulfonamides is 1. The average molecular weight is 470 g/mol. The number of hydrogen-bond donors (Lipinski definition) is 1. The zero-order valence-electron chi connectivity index (χ0n) is 18.9. The van der Waals surface area contributed by atoms with Gasteiger partial charge >= 0.3 is 0 Å². The minimum Gasteiger partial charge on any atom is -0.488 e. The van der Waals surface area contributed by atoms with Crippen molar-refractivity contribution in [3.05, 3.63) is 53.6 Å². The van der Waals surface area contributed by atoms with E-state index in [1.807, 2.05) is 12.1 Å². The summed E-state index contributed by atoms with van der Waals surface area (Å²) in [5.41, 5.74) is 2.84. The van der Waals surface area contributed by atoms with Gasteiger partial charge in [0.1, 0.15) is 17.9 Å². The monoisotopic (exact) mass is 469 g/mol. The van der Waals surface area contributed by atoms with Gasteiger partial charge in [-0.1, -0.05) is 25.0 Å². The van der Waals surface area contributed by atoms with Crippen LogP contribution in [0.25, 0.3) is 0 Å². The van der Waals surface area contributed by atoms with E-state index < -0.39 is 16.1 Å². The van der Waals surface area contributed by atoms with Crippen LogP contribution in [0, 0.1) is 18.3 Å². The van der Waals surface area contributed by atoms with E-state index in [0.717, 1.165) is 31.2 Å². The van der Waals surface area contributed by atoms with Gasteiger partial charge < -0.3 is 14.6 Å². The number of fused-ring (bicyclic) bond motifs is 1. The molecule has 0 saturated carbocycles. The number of benzene rings is 2. The van der Waals surface area contributed by atoms with E-state index in [1.165, 1.54) is 9.87 Å². The molecule has 0 aromatic heterocycles. The largest absolute Gasteiger partial charge is 0.488 e. The lowest BCUT2D eigenvalue weighted by atomic mass is 9.94. The quantitative estimate of drug-likeness (QED) is 0.628. The first-order valence-electron chi connectivity index (χ1n) is 11.6. The normalized spacial score (nSPS) is 20.0. The Morgan fingerprint density at radius 1 is 1.18 bits per heavy atom. The van der Waals surface area contributed by atoms with Crippen molar-refractivity contribution in [3.63, 3.8) is 0 Å². The molecule has 1 unspecified atom stereocenters. The number of terminal acetylenes is 1. The molecule has 4 rings (SSSR count). The zero-order chi connectivity index (χ0) is 23.4. The number of ether oxygens (including phenoxy) is 2. The molecule has 2 aliphatic rings. The first-order valence-corrected chi connectivity index (χ1v) is 13.0. The topological polar surface area (TPSA) is 76.1 Å². The summed E-state index contributed by atoms with van der Waals surface area (Å²) in [6, 6.07) is 11.8. The van der Waals surface area contributed by atoms with Gasteiger partial charge in [-0.3, -0.25) is 4.31 Å². The Labute approximate surface area is 196 Å². The highest BCUT2D eigenvalue weighted by Crippen LogP contribution is 2.36. The molecule has 0 spiro atoms. The van der Waals surface area contributed by atoms with Crippen molar-refractivity contribution >= 4 is 15.7 Å². The molecule has 0 amide bonds. The van der Waals surface area contributed by atoms with Gasteiger partial charge in [0.15, 0.2) is 0 Å². The molecule has 2 heterocycles. The smallest absolute Gasteiger partial charge is 0.265 e. The summed E-state index contributed by atoms with van der Waals surface area (Å²) >= 11 is 0. The van der Waals surface area contributed by atoms with Crippen molar-refractivity contribution in [1.29, 1.82) is 0 Å². The molecule has 1 fully saturated rings. The maximum atomic E-state index is 13.6. The number of nitrogens with zero attached hydrogens (tertiary/aromatic N) is 1. The van der Waals surface area contributed by atoms with Crippen LogP contribution in [0.3, 0.4) is 0 Å². The highest BCUT2D eigenvalue weighted by molar-refractivity contribution is 7.92. The van der Waals surface area contributed by atoms with Gasteiger partial charge in [0.05, 0.1) is 17.2 Å². The third-order valence-corrected chi connectivity index (χ3v) is 8.43. The minimum atomic E-state index is -3.86. The van der Waals surface area contributed by atoms with Crippen molar-refractivity contribution in [2.24, 2.45) is 5.92 Å². The van der Waals surface area contributed by atoms with Crippen molar-refractivity contribution in [2.45, 2.75) is 56.1 Å². The van der Waals surface area contributed by atoms with Crippen LogP contribution in [0.1, 0.15) is 37.3 Å². The lowest BCUT2D eigenvalue weighted by molar-refractivity contribution is -0.00307. The summed E-state index contributed by atoms with van der Waals surface area (Å²) in [5.74, 6) is 3.40. The maximum absolute atomic E-state index is 13.6. The van der Waals surface area contributed by atoms with Crippen LogP contribution >= 0.6 is 0 Å². The molecule has 33 heavy (non-hydrogen) atoms. The second-order valence-corrected chi connectivity index (χ2v) is 10.4. The van der Waals surface area contributed by atoms with Gasteiger partial charge in [0, 0.05) is 19.1 Å². The summed E-state index contributed by atoms with van der Waals surface area (Å²) in [6.07, 6.45) is 9.29. The fraction of sp³-hybridized carbons (Fsp3) is 0.462. The van der Waals surface area contributed by atoms with E-state index in [0.29, 0.717) is 31.1 Å². The first-order chi connectivity index (χ1) is 16.0. The molecule has 1 saturated heterocycles. The van der Waals surface area contributed by atoms with Crippen LogP contribution in [-0.4, -0.2) is 45.5 Å². The van der Waals surface area contributed by atoms with Gasteiger partial charge in [0.25, 0.3) is 10.0 Å². The predicted molar refractivity (Wildman–Crippen MR) is 128 cm³/mol. The number of anilines is 1. The number of aryl methyl sites for hydroxylation is 2. The van der Waals surface area contributed by atoms with Crippen molar-refractivity contribution in [1.82, 2.24) is 0 Å². The molecule has 0 aliphatic carbocycles. The highest BCUT2D eigenvalue weighted by Gasteiger charge is 2.35. The van der Waals surface area contributed by atoms with Crippen LogP contribution in [0.2, 0.25) is 0 Å². The first kappa shape index (κ1) is 23.6. The molecular formula is C26H31NO5S. The van der Waals surface area contributed by atoms with E-state index in [4.69, 9.17) is 15.9 Å². The van der Waals surface area contributed by atoms with Gasteiger partial charge in [0.2, 0.25) is 0 Å². The van der Waals surface area contributed by atoms with E-state index in [1.54, 1.807) is 24.3 Å². The Hall–Kier alpha value is -2.53. The Kier molecular flexibility index (Phi) is 7.28. The molecule has 2 aromatic rings. The summed E-state index contributed by atoms with van der Waals surface area (Å²) in [5, 5.41) is 9.79. The SMILES string of the molecule is C#C[C@H]1CCc2cc(CC)ccc2N1S(=O)(=O)c1ccc(OC(CO)C2CCOCC2)cc1. The molecule has 6 nitrogen and oxygen atoms in total. The van der Waals surface area contributed by atoms with Gasteiger partial charge in [-0.15, -0.1) is 6.42 Å². The van der Waals surface area contributed by atoms with Crippen LogP contribution < -0.4 is 9.04 Å². The second-order valence-electron chi connectivity index (χ2n) is 8.60. The van der Waals surface area contributed by atoms with Crippen LogP contribution in [0.15, 0.2) is 47.4 Å². The van der Waals surface area contributed by atoms with E-state index in [2.05, 4.69) is 18.9 Å². The Morgan fingerprint density at radius 2 is 1.91 bits per heavy atom. The maximum Gasteiger partial charge on any atom is 0.265 e. The number of rotatable bonds is 7. The Morgan fingerprint density at radius 3 is 2.55 bits per heavy atom. The lowest BCUT2D eigenvalue weighted by Crippen LogP contribution is -2.43. The van der Waals surface area contributed by atoms with E-state index in [9.17, 15) is 13.5 Å². The molecular weight excluding hydrogens is 438 g/mol. The van der Waals surface area contributed by atoms with Gasteiger partial charge in [-0.25, -0.2) is 8.42 Å². The van der Waals surface area contributed by atoms with E-state index in [-0.39, 0.29) is 23.5 Å². The number of aliphatic hydroxyl groups is 1. The van der Waals surface area contributed by atoms with Crippen LogP contribution in [-0.2, 0) is 27.6 Å². The summed E-state index contributed by atoms with van der Waals surface area (Å²) in [7, 11) is -3.86. The third kappa shape index (κ3) is 4.89. The fourth-order valence-electron chi connectivity index (χ4n) is 4.65. The molecule has 176 valence electrons. The summed E-state index contributed by atoms with van der Waals surface area (Å²) < 4.78 is 40.1. The molecule has 2 aromatic carbocycles. The molecule has 1 N–H and O–H groups in total. The van der Waals surface area contributed by atoms with Crippen molar-refractivity contribution in [3.8, 4) is 18.1 Å². The minimum absolute atomic E-state index is 0.0983. The average Bonchev–Trinajstić information content (AvgIpc) is 2.86. The number of aliphatic hydroxyl groups excluding tert-OH is 1. The highest BCUT2D eigenvalue weighted by atomic mass is 32.2. The molecule has 0 radical (unpaired) electrons. The van der Waals surface area contributed by atoms with Crippen LogP contribution in [0.4, 0.5) is 5.69 Å². The summed E-state index contributed by atoms with van der Waals surface area (Å²) in [6.45, 7) is 3.30. The van der Waals surface area contributed by atoms with Gasteiger partial charge in [-0.2, -0.15) is 0 Å². The molecule has 2 aliphatic heterocycles. The van der Waals surface area contributed by atoms with E-state index >= 15 is 0 Å². The van der Waals surface area contributed by atoms with Gasteiger partial charge in [-0.05, 0) is 73.6 Å². The van der Waals surface area contributed by atoms with Crippen molar-refractivity contribution in [2.75, 3.05) is 24.1 Å². The number of hydrogen-bond acceptors (Lipinski definition) is 5. The Bertz CT molecular complexity index is 1100. The zero-order valence-corrected chi connectivity index (χ0v) is 19.8. The van der Waals surface area contributed by atoms with Crippen LogP contribution in [0.5, 0.6) is 5.75 Å². The fourth-order valence-corrected chi connectivity index (χ4v) is 6.29. The molecule has 7 heteroatoms. The Balaban J connectivity index is 1.59. The predicted octanol–water partition coefficient (Wildman–Crippen LogP) is 3.56. The lowest BCUT2D eigenvalue weighted by Gasteiger charge is -2.35.